The van der Waals surface area contributed by atoms with Crippen LogP contribution in [0.3, 0.4) is 0 Å². The molecular formula is C25H25ClO6. The molecule has 32 heavy (non-hydrogen) atoms. The molecule has 2 aliphatic carbocycles. The SMILES string of the molecule is C=CC(=O)OCCOc1c2c(c(OCCOC(=O)C=C)c3cc(Cl)ccc13)C1CCC2C1. The van der Waals surface area contributed by atoms with Crippen LogP contribution in [0.5, 0.6) is 11.5 Å². The highest BCUT2D eigenvalue weighted by Crippen LogP contribution is 2.61. The van der Waals surface area contributed by atoms with Gasteiger partial charge in [-0.1, -0.05) is 24.8 Å². The zero-order chi connectivity index (χ0) is 22.7. The summed E-state index contributed by atoms with van der Waals surface area (Å²) in [5.74, 6) is 1.43. The summed E-state index contributed by atoms with van der Waals surface area (Å²) in [5.41, 5.74) is 2.33. The van der Waals surface area contributed by atoms with Gasteiger partial charge in [0, 0.05) is 39.1 Å². The number of fused-ring (bicyclic) bond motifs is 6. The summed E-state index contributed by atoms with van der Waals surface area (Å²) in [6.45, 7) is 7.52. The number of carbonyl (C=O) groups is 2. The fourth-order valence-electron chi connectivity index (χ4n) is 4.75. The standard InChI is InChI=1S/C25H25ClO6/c1-3-20(27)29-9-11-31-24-18-8-7-17(26)14-19(18)25(32-12-10-30-21(28)4-2)23-16-6-5-15(13-16)22(23)24/h3-4,7-8,14-16H,1-2,5-6,9-13H2. The summed E-state index contributed by atoms with van der Waals surface area (Å²) in [6.07, 6.45) is 5.52. The van der Waals surface area contributed by atoms with Gasteiger partial charge in [-0.15, -0.1) is 0 Å². The molecule has 2 aliphatic rings. The van der Waals surface area contributed by atoms with Crippen LogP contribution >= 0.6 is 11.6 Å². The molecule has 7 heteroatoms. The van der Waals surface area contributed by atoms with E-state index in [2.05, 4.69) is 13.2 Å². The van der Waals surface area contributed by atoms with Crippen LogP contribution in [-0.4, -0.2) is 38.4 Å². The van der Waals surface area contributed by atoms with Crippen molar-refractivity contribution in [3.05, 3.63) is 59.7 Å². The molecule has 168 valence electrons. The minimum absolute atomic E-state index is 0.128. The maximum atomic E-state index is 11.3. The average molecular weight is 457 g/mol. The number of hydrogen-bond donors (Lipinski definition) is 0. The quantitative estimate of drug-likeness (QED) is 0.282. The Labute approximate surface area is 191 Å². The third kappa shape index (κ3) is 4.32. The van der Waals surface area contributed by atoms with E-state index in [4.69, 9.17) is 30.5 Å². The van der Waals surface area contributed by atoms with Gasteiger partial charge in [-0.2, -0.15) is 0 Å². The molecule has 2 aromatic carbocycles. The van der Waals surface area contributed by atoms with Crippen molar-refractivity contribution in [2.45, 2.75) is 31.1 Å². The molecular weight excluding hydrogens is 432 g/mol. The van der Waals surface area contributed by atoms with Gasteiger partial charge in [-0.3, -0.25) is 0 Å². The molecule has 4 rings (SSSR count). The highest BCUT2D eigenvalue weighted by Gasteiger charge is 2.42. The minimum Gasteiger partial charge on any atom is -0.489 e. The fraction of sp³-hybridized carbons (Fsp3) is 0.360. The molecule has 2 atom stereocenters. The Bertz CT molecular complexity index is 1080. The van der Waals surface area contributed by atoms with Gasteiger partial charge < -0.3 is 18.9 Å². The minimum atomic E-state index is -0.480. The van der Waals surface area contributed by atoms with E-state index in [-0.39, 0.29) is 26.4 Å². The van der Waals surface area contributed by atoms with Crippen LogP contribution in [0.4, 0.5) is 0 Å². The van der Waals surface area contributed by atoms with E-state index in [9.17, 15) is 9.59 Å². The van der Waals surface area contributed by atoms with E-state index in [0.717, 1.165) is 59.2 Å². The molecule has 0 aliphatic heterocycles. The van der Waals surface area contributed by atoms with Crippen molar-refractivity contribution in [2.24, 2.45) is 0 Å². The maximum absolute atomic E-state index is 11.3. The lowest BCUT2D eigenvalue weighted by Crippen LogP contribution is -2.14. The molecule has 0 N–H and O–H groups in total. The predicted molar refractivity (Wildman–Crippen MR) is 122 cm³/mol. The van der Waals surface area contributed by atoms with Gasteiger partial charge in [0.15, 0.2) is 0 Å². The molecule has 0 amide bonds. The van der Waals surface area contributed by atoms with E-state index in [0.29, 0.717) is 16.9 Å². The second kappa shape index (κ2) is 9.65. The lowest BCUT2D eigenvalue weighted by molar-refractivity contribution is -0.139. The Kier molecular flexibility index (Phi) is 6.70. The second-order valence-electron chi connectivity index (χ2n) is 7.82. The highest BCUT2D eigenvalue weighted by atomic mass is 35.5. The Morgan fingerprint density at radius 2 is 1.41 bits per heavy atom. The topological polar surface area (TPSA) is 71.1 Å². The van der Waals surface area contributed by atoms with Gasteiger partial charge in [-0.05, 0) is 49.3 Å². The van der Waals surface area contributed by atoms with E-state index in [1.165, 1.54) is 5.56 Å². The molecule has 0 saturated heterocycles. The lowest BCUT2D eigenvalue weighted by atomic mass is 9.87. The van der Waals surface area contributed by atoms with Gasteiger partial charge >= 0.3 is 11.9 Å². The Balaban J connectivity index is 1.68. The van der Waals surface area contributed by atoms with Crippen LogP contribution in [0.1, 0.15) is 42.2 Å². The summed E-state index contributed by atoms with van der Waals surface area (Å²) >= 11 is 6.33. The van der Waals surface area contributed by atoms with Crippen molar-refractivity contribution in [3.8, 4) is 11.5 Å². The largest absolute Gasteiger partial charge is 0.489 e. The van der Waals surface area contributed by atoms with Gasteiger partial charge in [0.25, 0.3) is 0 Å². The van der Waals surface area contributed by atoms with Gasteiger partial charge in [0.05, 0.1) is 0 Å². The van der Waals surface area contributed by atoms with Crippen LogP contribution in [0.2, 0.25) is 5.02 Å². The van der Waals surface area contributed by atoms with Crippen molar-refractivity contribution in [1.82, 2.24) is 0 Å². The molecule has 0 heterocycles. The van der Waals surface area contributed by atoms with Gasteiger partial charge in [-0.25, -0.2) is 9.59 Å². The number of benzene rings is 2. The van der Waals surface area contributed by atoms with Crippen molar-refractivity contribution in [2.75, 3.05) is 26.4 Å². The second-order valence-corrected chi connectivity index (χ2v) is 8.26. The van der Waals surface area contributed by atoms with Crippen molar-refractivity contribution in [1.29, 1.82) is 0 Å². The first-order valence-corrected chi connectivity index (χ1v) is 11.0. The number of esters is 2. The molecule has 2 aromatic rings. The zero-order valence-electron chi connectivity index (χ0n) is 17.7. The van der Waals surface area contributed by atoms with Crippen LogP contribution < -0.4 is 9.47 Å². The average Bonchev–Trinajstić information content (AvgIpc) is 3.42. The van der Waals surface area contributed by atoms with Gasteiger partial charge in [0.2, 0.25) is 0 Å². The van der Waals surface area contributed by atoms with Gasteiger partial charge in [0.1, 0.15) is 37.9 Å². The van der Waals surface area contributed by atoms with Crippen molar-refractivity contribution >= 4 is 34.3 Å². The van der Waals surface area contributed by atoms with E-state index in [1.54, 1.807) is 0 Å². The summed E-state index contributed by atoms with van der Waals surface area (Å²) in [5, 5.41) is 2.35. The van der Waals surface area contributed by atoms with Crippen LogP contribution in [0.25, 0.3) is 10.8 Å². The van der Waals surface area contributed by atoms with Crippen LogP contribution in [0.15, 0.2) is 43.5 Å². The molecule has 2 bridgehead atoms. The summed E-state index contributed by atoms with van der Waals surface area (Å²) in [4.78, 5) is 22.7. The van der Waals surface area contributed by atoms with E-state index < -0.39 is 11.9 Å². The number of ether oxygens (including phenoxy) is 4. The Morgan fingerprint density at radius 1 is 0.875 bits per heavy atom. The Morgan fingerprint density at radius 3 is 1.94 bits per heavy atom. The van der Waals surface area contributed by atoms with E-state index >= 15 is 0 Å². The zero-order valence-corrected chi connectivity index (χ0v) is 18.5. The monoisotopic (exact) mass is 456 g/mol. The van der Waals surface area contributed by atoms with Crippen molar-refractivity contribution < 1.29 is 28.5 Å². The summed E-state index contributed by atoms with van der Waals surface area (Å²) in [6, 6.07) is 5.63. The molecule has 0 radical (unpaired) electrons. The predicted octanol–water partition coefficient (Wildman–Crippen LogP) is 5.07. The van der Waals surface area contributed by atoms with Crippen molar-refractivity contribution in [3.63, 3.8) is 0 Å². The first-order chi connectivity index (χ1) is 15.5. The summed E-state index contributed by atoms with van der Waals surface area (Å²) in [7, 11) is 0. The van der Waals surface area contributed by atoms with E-state index in [1.807, 2.05) is 18.2 Å². The Hall–Kier alpha value is -2.99. The number of hydrogen-bond acceptors (Lipinski definition) is 6. The lowest BCUT2D eigenvalue weighted by Gasteiger charge is -2.25. The first-order valence-electron chi connectivity index (χ1n) is 10.7. The molecule has 6 nitrogen and oxygen atoms in total. The highest BCUT2D eigenvalue weighted by molar-refractivity contribution is 6.31. The smallest absolute Gasteiger partial charge is 0.330 e. The number of halogens is 1. The fourth-order valence-corrected chi connectivity index (χ4v) is 4.93. The number of carbonyl (C=O) groups excluding carboxylic acids is 2. The molecule has 1 fully saturated rings. The summed E-state index contributed by atoms with van der Waals surface area (Å²) < 4.78 is 22.5. The van der Waals surface area contributed by atoms with Crippen LogP contribution in [-0.2, 0) is 19.1 Å². The molecule has 2 unspecified atom stereocenters. The number of rotatable bonds is 10. The molecule has 0 spiro atoms. The first kappa shape index (κ1) is 22.2. The maximum Gasteiger partial charge on any atom is 0.330 e. The normalized spacial score (nSPS) is 18.2. The third-order valence-corrected chi connectivity index (χ3v) is 6.22. The van der Waals surface area contributed by atoms with Crippen LogP contribution in [0, 0.1) is 0 Å². The molecule has 1 saturated carbocycles. The molecule has 0 aromatic heterocycles. The third-order valence-electron chi connectivity index (χ3n) is 5.98.